The summed E-state index contributed by atoms with van der Waals surface area (Å²) in [5.74, 6) is -1.07. The summed E-state index contributed by atoms with van der Waals surface area (Å²) in [7, 11) is 0. The molecule has 0 radical (unpaired) electrons. The van der Waals surface area contributed by atoms with E-state index in [9.17, 15) is 13.6 Å². The van der Waals surface area contributed by atoms with E-state index < -0.39 is 24.0 Å². The summed E-state index contributed by atoms with van der Waals surface area (Å²) in [6, 6.07) is 0. The van der Waals surface area contributed by atoms with E-state index in [1.165, 1.54) is 0 Å². The summed E-state index contributed by atoms with van der Waals surface area (Å²) in [5.41, 5.74) is 5.16. The Bertz CT molecular complexity index is 472. The number of hydrogen-bond donors (Lipinski definition) is 2. The van der Waals surface area contributed by atoms with Gasteiger partial charge >= 0.3 is 6.09 Å². The Labute approximate surface area is 120 Å². The van der Waals surface area contributed by atoms with Crippen LogP contribution in [-0.2, 0) is 4.74 Å². The van der Waals surface area contributed by atoms with Gasteiger partial charge in [-0.15, -0.1) is 11.3 Å². The number of aromatic nitrogens is 1. The van der Waals surface area contributed by atoms with Crippen molar-refractivity contribution in [3.05, 3.63) is 10.6 Å². The fourth-order valence-corrected chi connectivity index (χ4v) is 2.59. The van der Waals surface area contributed by atoms with Gasteiger partial charge in [-0.3, -0.25) is 5.32 Å². The first kappa shape index (κ1) is 16.8. The van der Waals surface area contributed by atoms with Crippen LogP contribution in [0.25, 0.3) is 0 Å². The number of thiazole rings is 1. The highest BCUT2D eigenvalue weighted by atomic mass is 32.1. The molecule has 1 aromatic rings. The Morgan fingerprint density at radius 2 is 2.10 bits per heavy atom. The quantitative estimate of drug-likeness (QED) is 0.896. The van der Waals surface area contributed by atoms with Crippen LogP contribution in [-0.4, -0.2) is 29.6 Å². The molecule has 0 bridgehead atoms. The van der Waals surface area contributed by atoms with Gasteiger partial charge in [0.25, 0.3) is 0 Å². The first-order valence-electron chi connectivity index (χ1n) is 6.09. The van der Waals surface area contributed by atoms with Gasteiger partial charge in [-0.05, 0) is 27.7 Å². The molecule has 1 aromatic heterocycles. The maximum absolute atomic E-state index is 12.8. The summed E-state index contributed by atoms with van der Waals surface area (Å²) in [4.78, 5) is 16.0. The van der Waals surface area contributed by atoms with Crippen molar-refractivity contribution in [3.8, 4) is 0 Å². The van der Waals surface area contributed by atoms with Crippen molar-refractivity contribution in [1.29, 1.82) is 0 Å². The number of anilines is 1. The largest absolute Gasteiger partial charge is 0.444 e. The lowest BCUT2D eigenvalue weighted by atomic mass is 10.1. The van der Waals surface area contributed by atoms with Gasteiger partial charge < -0.3 is 10.5 Å². The fourth-order valence-electron chi connectivity index (χ4n) is 1.52. The predicted octanol–water partition coefficient (Wildman–Crippen LogP) is 3.11. The van der Waals surface area contributed by atoms with E-state index in [1.807, 2.05) is 0 Å². The number of hydrogen-bond acceptors (Lipinski definition) is 5. The number of aryl methyl sites for hydroxylation is 1. The maximum Gasteiger partial charge on any atom is 0.413 e. The summed E-state index contributed by atoms with van der Waals surface area (Å²) in [6.45, 7) is 6.62. The summed E-state index contributed by atoms with van der Waals surface area (Å²) in [5, 5.41) is 2.67. The van der Waals surface area contributed by atoms with E-state index in [4.69, 9.17) is 10.5 Å². The molecule has 1 unspecified atom stereocenters. The van der Waals surface area contributed by atoms with Gasteiger partial charge in [0.1, 0.15) is 5.60 Å². The van der Waals surface area contributed by atoms with E-state index in [0.29, 0.717) is 10.6 Å². The Morgan fingerprint density at radius 1 is 1.50 bits per heavy atom. The molecule has 0 saturated heterocycles. The molecule has 0 aliphatic carbocycles. The van der Waals surface area contributed by atoms with E-state index in [0.717, 1.165) is 11.3 Å². The van der Waals surface area contributed by atoms with E-state index in [2.05, 4.69) is 10.3 Å². The molecule has 114 valence electrons. The Morgan fingerprint density at radius 3 is 2.55 bits per heavy atom. The second-order valence-corrected chi connectivity index (χ2v) is 6.30. The average Bonchev–Trinajstić information content (AvgIpc) is 2.57. The Hall–Kier alpha value is -1.28. The van der Waals surface area contributed by atoms with Crippen LogP contribution in [0.4, 0.5) is 18.7 Å². The zero-order valence-corrected chi connectivity index (χ0v) is 12.7. The lowest BCUT2D eigenvalue weighted by molar-refractivity contribution is 0.0636. The molecular formula is C12H19F2N3O2S. The highest BCUT2D eigenvalue weighted by molar-refractivity contribution is 7.16. The summed E-state index contributed by atoms with van der Waals surface area (Å²) < 4.78 is 30.8. The number of carbonyl (C=O) groups is 1. The second kappa shape index (κ2) is 6.45. The molecule has 0 spiro atoms. The molecular weight excluding hydrogens is 288 g/mol. The summed E-state index contributed by atoms with van der Waals surface area (Å²) in [6.07, 6.45) is -3.23. The van der Waals surface area contributed by atoms with E-state index in [1.54, 1.807) is 27.7 Å². The normalized spacial score (nSPS) is 13.4. The molecule has 0 fully saturated rings. The van der Waals surface area contributed by atoms with Crippen LogP contribution in [0.3, 0.4) is 0 Å². The van der Waals surface area contributed by atoms with Crippen LogP contribution in [0.2, 0.25) is 0 Å². The molecule has 8 heteroatoms. The predicted molar refractivity (Wildman–Crippen MR) is 74.5 cm³/mol. The van der Waals surface area contributed by atoms with Crippen molar-refractivity contribution >= 4 is 22.6 Å². The average molecular weight is 307 g/mol. The third-order valence-electron chi connectivity index (χ3n) is 2.34. The van der Waals surface area contributed by atoms with E-state index in [-0.39, 0.29) is 11.7 Å². The number of nitrogens with zero attached hydrogens (tertiary/aromatic N) is 1. The third-order valence-corrected chi connectivity index (χ3v) is 3.54. The molecule has 0 aliphatic rings. The zero-order valence-electron chi connectivity index (χ0n) is 11.9. The number of carbonyl (C=O) groups excluding carboxylic acids is 1. The second-order valence-electron chi connectivity index (χ2n) is 5.27. The van der Waals surface area contributed by atoms with Crippen LogP contribution in [0.15, 0.2) is 0 Å². The molecule has 1 amide bonds. The van der Waals surface area contributed by atoms with Gasteiger partial charge in [-0.2, -0.15) is 0 Å². The van der Waals surface area contributed by atoms with Gasteiger partial charge in [0.05, 0.1) is 11.6 Å². The number of nitrogens with two attached hydrogens (primary N) is 1. The van der Waals surface area contributed by atoms with Gasteiger partial charge in [0.15, 0.2) is 5.13 Å². The minimum absolute atomic E-state index is 0.174. The smallest absolute Gasteiger partial charge is 0.413 e. The van der Waals surface area contributed by atoms with Gasteiger partial charge in [0, 0.05) is 11.4 Å². The number of nitrogens with one attached hydrogen (secondary N) is 1. The standard InChI is InChI=1S/C12H19F2N3O2S/c1-6-8(7(5-15)9(13)14)20-10(16-6)17-11(18)19-12(2,3)4/h7,9H,5,15H2,1-4H3,(H,16,17,18). The highest BCUT2D eigenvalue weighted by Gasteiger charge is 2.26. The fraction of sp³-hybridized carbons (Fsp3) is 0.667. The minimum Gasteiger partial charge on any atom is -0.444 e. The zero-order chi connectivity index (χ0) is 15.5. The van der Waals surface area contributed by atoms with Crippen molar-refractivity contribution in [2.75, 3.05) is 11.9 Å². The molecule has 0 saturated carbocycles. The van der Waals surface area contributed by atoms with Crippen LogP contribution in [0.5, 0.6) is 0 Å². The SMILES string of the molecule is Cc1nc(NC(=O)OC(C)(C)C)sc1C(CN)C(F)F. The molecule has 3 N–H and O–H groups in total. The Balaban J connectivity index is 2.82. The number of amides is 1. The Kier molecular flexibility index (Phi) is 5.41. The monoisotopic (exact) mass is 307 g/mol. The lowest BCUT2D eigenvalue weighted by Crippen LogP contribution is -2.27. The van der Waals surface area contributed by atoms with Crippen molar-refractivity contribution in [2.24, 2.45) is 5.73 Å². The number of alkyl halides is 2. The van der Waals surface area contributed by atoms with Crippen molar-refractivity contribution in [1.82, 2.24) is 4.98 Å². The first-order valence-corrected chi connectivity index (χ1v) is 6.91. The number of ether oxygens (including phenoxy) is 1. The molecule has 1 rings (SSSR count). The molecule has 20 heavy (non-hydrogen) atoms. The number of halogens is 2. The van der Waals surface area contributed by atoms with Crippen LogP contribution < -0.4 is 11.1 Å². The molecule has 1 heterocycles. The maximum atomic E-state index is 12.8. The molecule has 0 aliphatic heterocycles. The highest BCUT2D eigenvalue weighted by Crippen LogP contribution is 2.33. The lowest BCUT2D eigenvalue weighted by Gasteiger charge is -2.18. The molecule has 5 nitrogen and oxygen atoms in total. The van der Waals surface area contributed by atoms with Crippen molar-refractivity contribution in [2.45, 2.75) is 45.6 Å². The minimum atomic E-state index is -2.56. The van der Waals surface area contributed by atoms with Gasteiger partial charge in [-0.1, -0.05) is 0 Å². The van der Waals surface area contributed by atoms with Gasteiger partial charge in [0.2, 0.25) is 6.43 Å². The van der Waals surface area contributed by atoms with E-state index >= 15 is 0 Å². The molecule has 0 aromatic carbocycles. The van der Waals surface area contributed by atoms with Crippen molar-refractivity contribution in [3.63, 3.8) is 0 Å². The van der Waals surface area contributed by atoms with Crippen LogP contribution >= 0.6 is 11.3 Å². The summed E-state index contributed by atoms with van der Waals surface area (Å²) >= 11 is 0.992. The van der Waals surface area contributed by atoms with Gasteiger partial charge in [-0.25, -0.2) is 18.6 Å². The van der Waals surface area contributed by atoms with Crippen LogP contribution in [0.1, 0.15) is 37.3 Å². The van der Waals surface area contributed by atoms with Crippen LogP contribution in [0, 0.1) is 6.92 Å². The third kappa shape index (κ3) is 4.68. The van der Waals surface area contributed by atoms with Crippen molar-refractivity contribution < 1.29 is 18.3 Å². The first-order chi connectivity index (χ1) is 9.14. The molecule has 1 atom stereocenters. The topological polar surface area (TPSA) is 77.2 Å². The number of rotatable bonds is 4.